The number of aromatic nitrogens is 1. The van der Waals surface area contributed by atoms with Gasteiger partial charge in [0.05, 0.1) is 0 Å². The Balaban J connectivity index is 1.21. The predicted molar refractivity (Wildman–Crippen MR) is 166 cm³/mol. The van der Waals surface area contributed by atoms with E-state index in [0.29, 0.717) is 46.2 Å². The van der Waals surface area contributed by atoms with Crippen LogP contribution in [-0.4, -0.2) is 58.5 Å². The van der Waals surface area contributed by atoms with Crippen LogP contribution >= 0.6 is 11.6 Å². The molecule has 2 aliphatic heterocycles. The molecule has 1 aromatic heterocycles. The van der Waals surface area contributed by atoms with E-state index in [1.54, 1.807) is 59.6 Å². The van der Waals surface area contributed by atoms with Crippen molar-refractivity contribution in [2.24, 2.45) is 10.9 Å². The van der Waals surface area contributed by atoms with E-state index in [4.69, 9.17) is 16.6 Å². The van der Waals surface area contributed by atoms with Gasteiger partial charge >= 0.3 is 0 Å². The molecule has 1 amide bonds. The van der Waals surface area contributed by atoms with Gasteiger partial charge in [0.2, 0.25) is 0 Å². The Bertz CT molecular complexity index is 1670. The van der Waals surface area contributed by atoms with Crippen molar-refractivity contribution in [1.29, 1.82) is 0 Å². The first-order chi connectivity index (χ1) is 21.3. The number of piperidine rings is 1. The highest BCUT2D eigenvalue weighted by Crippen LogP contribution is 2.41. The van der Waals surface area contributed by atoms with Crippen LogP contribution in [0.4, 0.5) is 8.78 Å². The number of hydrogen-bond acceptors (Lipinski definition) is 5. The Morgan fingerprint density at radius 2 is 1.61 bits per heavy atom. The van der Waals surface area contributed by atoms with Crippen molar-refractivity contribution < 1.29 is 18.4 Å². The van der Waals surface area contributed by atoms with Gasteiger partial charge in [-0.15, -0.1) is 0 Å². The van der Waals surface area contributed by atoms with Crippen molar-refractivity contribution in [1.82, 2.24) is 14.8 Å². The van der Waals surface area contributed by atoms with Crippen LogP contribution in [0, 0.1) is 17.6 Å². The molecule has 3 aromatic carbocycles. The quantitative estimate of drug-likeness (QED) is 0.202. The number of Topliss-reactive ketones (excluding diaryl/α,β-unsaturated/α-hetero) is 1. The molecule has 6 rings (SSSR count). The first-order valence-electron chi connectivity index (χ1n) is 14.7. The Hall–Kier alpha value is -4.27. The summed E-state index contributed by atoms with van der Waals surface area (Å²) < 4.78 is 28.5. The van der Waals surface area contributed by atoms with Crippen molar-refractivity contribution in [3.63, 3.8) is 0 Å². The molecule has 0 radical (unpaired) electrons. The average molecular weight is 613 g/mol. The maximum absolute atomic E-state index is 14.5. The second-order valence-electron chi connectivity index (χ2n) is 11.2. The fourth-order valence-electron chi connectivity index (χ4n) is 6.12. The minimum Gasteiger partial charge on any atom is -0.303 e. The van der Waals surface area contributed by atoms with Gasteiger partial charge in [-0.2, -0.15) is 0 Å². The van der Waals surface area contributed by atoms with Gasteiger partial charge < -0.3 is 4.90 Å². The minimum atomic E-state index is -1.59. The van der Waals surface area contributed by atoms with Crippen LogP contribution in [-0.2, 0) is 10.3 Å². The summed E-state index contributed by atoms with van der Waals surface area (Å²) in [5.74, 6) is -0.785. The smallest absolute Gasteiger partial charge is 0.265 e. The van der Waals surface area contributed by atoms with Crippen LogP contribution in [0.1, 0.15) is 46.4 Å². The molecule has 6 nitrogen and oxygen atoms in total. The number of carbonyl (C=O) groups excluding carboxylic acids is 2. The lowest BCUT2D eigenvalue weighted by molar-refractivity contribution is -0.130. The molecule has 4 aromatic rings. The first kappa shape index (κ1) is 29.8. The standard InChI is InChI=1S/C35H31ClF2N4O2/c36-28-12-8-24(9-13-28)32(43)25-16-21-41(22-17-25)19-4-20-42-33(31-7-1-2-18-39-31)40-35(34(42)44,26-10-14-29(37)15-11-26)27-5-3-6-30(38)23-27/h1-3,5-15,18,23,25H,4,16-17,19-22H2. The van der Waals surface area contributed by atoms with E-state index in [9.17, 15) is 18.4 Å². The number of aliphatic imine (C=N–C) groups is 1. The van der Waals surface area contributed by atoms with E-state index < -0.39 is 17.2 Å². The Labute approximate surface area is 260 Å². The van der Waals surface area contributed by atoms with Crippen molar-refractivity contribution in [2.45, 2.75) is 24.8 Å². The molecular formula is C35H31ClF2N4O2. The summed E-state index contributed by atoms with van der Waals surface area (Å²) in [4.78, 5) is 40.8. The monoisotopic (exact) mass is 612 g/mol. The molecule has 1 atom stereocenters. The first-order valence-corrected chi connectivity index (χ1v) is 15.1. The second kappa shape index (κ2) is 12.8. The molecule has 1 unspecified atom stereocenters. The van der Waals surface area contributed by atoms with Gasteiger partial charge in [-0.3, -0.25) is 19.5 Å². The molecule has 3 heterocycles. The summed E-state index contributed by atoms with van der Waals surface area (Å²) in [6, 6.07) is 23.9. The Kier molecular flexibility index (Phi) is 8.64. The molecule has 0 bridgehead atoms. The van der Waals surface area contributed by atoms with Gasteiger partial charge in [0, 0.05) is 29.2 Å². The largest absolute Gasteiger partial charge is 0.303 e. The van der Waals surface area contributed by atoms with Gasteiger partial charge in [0.1, 0.15) is 17.3 Å². The van der Waals surface area contributed by atoms with E-state index in [1.165, 1.54) is 36.4 Å². The highest BCUT2D eigenvalue weighted by molar-refractivity contribution is 6.30. The van der Waals surface area contributed by atoms with Gasteiger partial charge in [0.25, 0.3) is 5.91 Å². The molecule has 1 saturated heterocycles. The fraction of sp³-hybridized carbons (Fsp3) is 0.257. The van der Waals surface area contributed by atoms with Gasteiger partial charge in [-0.1, -0.05) is 41.9 Å². The molecule has 44 heavy (non-hydrogen) atoms. The van der Waals surface area contributed by atoms with Gasteiger partial charge in [0.15, 0.2) is 17.2 Å². The Morgan fingerprint density at radius 3 is 2.30 bits per heavy atom. The van der Waals surface area contributed by atoms with Crippen LogP contribution in [0.2, 0.25) is 5.02 Å². The van der Waals surface area contributed by atoms with E-state index in [-0.39, 0.29) is 17.6 Å². The summed E-state index contributed by atoms with van der Waals surface area (Å²) in [6.45, 7) is 2.64. The van der Waals surface area contributed by atoms with E-state index in [1.807, 2.05) is 6.07 Å². The number of hydrogen-bond donors (Lipinski definition) is 0. The van der Waals surface area contributed by atoms with E-state index in [2.05, 4.69) is 9.88 Å². The van der Waals surface area contributed by atoms with Crippen LogP contribution in [0.3, 0.4) is 0 Å². The number of amidine groups is 1. The van der Waals surface area contributed by atoms with Crippen LogP contribution in [0.25, 0.3) is 0 Å². The predicted octanol–water partition coefficient (Wildman–Crippen LogP) is 6.53. The average Bonchev–Trinajstić information content (AvgIpc) is 3.35. The van der Waals surface area contributed by atoms with Gasteiger partial charge in [-0.05, 0) is 111 Å². The highest BCUT2D eigenvalue weighted by Gasteiger charge is 2.51. The number of carbonyl (C=O) groups is 2. The second-order valence-corrected chi connectivity index (χ2v) is 11.6. The number of rotatable bonds is 9. The van der Waals surface area contributed by atoms with Crippen molar-refractivity contribution in [3.8, 4) is 0 Å². The zero-order valence-electron chi connectivity index (χ0n) is 24.0. The van der Waals surface area contributed by atoms with Gasteiger partial charge in [-0.25, -0.2) is 13.8 Å². The third kappa shape index (κ3) is 5.92. The lowest BCUT2D eigenvalue weighted by Crippen LogP contribution is -2.43. The fourth-order valence-corrected chi connectivity index (χ4v) is 6.25. The number of likely N-dealkylation sites (tertiary alicyclic amines) is 1. The molecule has 0 spiro atoms. The maximum atomic E-state index is 14.5. The summed E-state index contributed by atoms with van der Waals surface area (Å²) in [5.41, 5.74) is 0.408. The number of halogens is 3. The van der Waals surface area contributed by atoms with Crippen LogP contribution in [0.15, 0.2) is 102 Å². The molecule has 2 aliphatic rings. The molecule has 0 aliphatic carbocycles. The third-order valence-corrected chi connectivity index (χ3v) is 8.68. The van der Waals surface area contributed by atoms with Crippen molar-refractivity contribution in [2.75, 3.05) is 26.2 Å². The maximum Gasteiger partial charge on any atom is 0.265 e. The summed E-state index contributed by atoms with van der Waals surface area (Å²) in [5, 5.41) is 0.606. The number of nitrogens with zero attached hydrogens (tertiary/aromatic N) is 4. The molecule has 0 N–H and O–H groups in total. The van der Waals surface area contributed by atoms with Crippen LogP contribution < -0.4 is 0 Å². The third-order valence-electron chi connectivity index (χ3n) is 8.43. The number of amides is 1. The molecular weight excluding hydrogens is 582 g/mol. The van der Waals surface area contributed by atoms with E-state index >= 15 is 0 Å². The molecule has 224 valence electrons. The zero-order chi connectivity index (χ0) is 30.7. The minimum absolute atomic E-state index is 0.0296. The van der Waals surface area contributed by atoms with Crippen LogP contribution in [0.5, 0.6) is 0 Å². The number of pyridine rings is 1. The zero-order valence-corrected chi connectivity index (χ0v) is 24.8. The lowest BCUT2D eigenvalue weighted by atomic mass is 9.82. The Morgan fingerprint density at radius 1 is 0.864 bits per heavy atom. The number of benzene rings is 3. The highest BCUT2D eigenvalue weighted by atomic mass is 35.5. The molecule has 9 heteroatoms. The van der Waals surface area contributed by atoms with Crippen molar-refractivity contribution in [3.05, 3.63) is 136 Å². The topological polar surface area (TPSA) is 65.9 Å². The lowest BCUT2D eigenvalue weighted by Gasteiger charge is -2.32. The summed E-state index contributed by atoms with van der Waals surface area (Å²) in [7, 11) is 0. The SMILES string of the molecule is O=C(c1ccc(Cl)cc1)C1CCN(CCCN2C(=O)C(c3ccc(F)cc3)(c3cccc(F)c3)N=C2c2ccccn2)CC1. The molecule has 0 saturated carbocycles. The number of ketones is 1. The van der Waals surface area contributed by atoms with Crippen molar-refractivity contribution >= 4 is 29.1 Å². The summed E-state index contributed by atoms with van der Waals surface area (Å²) in [6.07, 6.45) is 3.81. The molecule has 1 fully saturated rings. The van der Waals surface area contributed by atoms with E-state index in [0.717, 1.165) is 32.5 Å². The summed E-state index contributed by atoms with van der Waals surface area (Å²) >= 11 is 5.98. The normalized spacial score (nSPS) is 19.3.